The molecule has 5 nitrogen and oxygen atoms in total. The third kappa shape index (κ3) is 3.51. The molecule has 1 amide bonds. The first-order valence-electron chi connectivity index (χ1n) is 6.94. The molecule has 1 N–H and O–H groups in total. The van der Waals surface area contributed by atoms with Crippen molar-refractivity contribution >= 4 is 44.0 Å². The third-order valence-corrected chi connectivity index (χ3v) is 5.59. The van der Waals surface area contributed by atoms with Crippen LogP contribution in [0.4, 0.5) is 5.69 Å². The summed E-state index contributed by atoms with van der Waals surface area (Å²) in [5.74, 6) is -0.575. The molecule has 0 radical (unpaired) electrons. The van der Waals surface area contributed by atoms with Gasteiger partial charge in [-0.05, 0) is 71.1 Å². The van der Waals surface area contributed by atoms with Crippen LogP contribution in [0.3, 0.4) is 0 Å². The van der Waals surface area contributed by atoms with Crippen molar-refractivity contribution in [2.75, 3.05) is 5.32 Å². The van der Waals surface area contributed by atoms with Gasteiger partial charge in [-0.2, -0.15) is 0 Å². The normalized spacial score (nSPS) is 11.2. The lowest BCUT2D eigenvalue weighted by Crippen LogP contribution is -2.10. The van der Waals surface area contributed by atoms with Crippen LogP contribution in [-0.4, -0.2) is 14.3 Å². The second-order valence-electron chi connectivity index (χ2n) is 4.90. The van der Waals surface area contributed by atoms with E-state index in [1.165, 1.54) is 24.3 Å². The van der Waals surface area contributed by atoms with Gasteiger partial charge in [0.05, 0.1) is 4.90 Å². The molecule has 0 atom stereocenters. The molecule has 3 rings (SSSR count). The molecule has 0 saturated carbocycles. The molecule has 0 fully saturated rings. The quantitative estimate of drug-likeness (QED) is 0.607. The molecule has 122 valence electrons. The number of anilines is 1. The number of benzene rings is 2. The van der Waals surface area contributed by atoms with Crippen molar-refractivity contribution in [3.05, 3.63) is 76.1 Å². The smallest absolute Gasteiger partial charge is 0.291 e. The Balaban J connectivity index is 1.82. The van der Waals surface area contributed by atoms with E-state index >= 15 is 0 Å². The van der Waals surface area contributed by atoms with Crippen LogP contribution < -0.4 is 5.32 Å². The van der Waals surface area contributed by atoms with Crippen LogP contribution in [0, 0.1) is 3.57 Å². The Morgan fingerprint density at radius 2 is 1.58 bits per heavy atom. The second-order valence-corrected chi connectivity index (χ2v) is 8.02. The molecular formula is C17H12INO4S. The summed E-state index contributed by atoms with van der Waals surface area (Å²) in [6.07, 6.45) is 0. The van der Waals surface area contributed by atoms with Gasteiger partial charge in [-0.3, -0.25) is 4.79 Å². The molecule has 1 heterocycles. The number of halogens is 1. The molecule has 0 aliphatic heterocycles. The summed E-state index contributed by atoms with van der Waals surface area (Å²) in [4.78, 5) is 12.3. The molecule has 0 aliphatic rings. The average molecular weight is 453 g/mol. The van der Waals surface area contributed by atoms with Gasteiger partial charge in [0.25, 0.3) is 5.91 Å². The number of amides is 1. The number of carbonyl (C=O) groups excluding carboxylic acids is 1. The van der Waals surface area contributed by atoms with E-state index in [1.54, 1.807) is 30.3 Å². The molecule has 0 bridgehead atoms. The summed E-state index contributed by atoms with van der Waals surface area (Å²) in [6, 6.07) is 17.8. The monoisotopic (exact) mass is 453 g/mol. The van der Waals surface area contributed by atoms with Gasteiger partial charge < -0.3 is 9.73 Å². The van der Waals surface area contributed by atoms with E-state index in [1.807, 2.05) is 12.1 Å². The van der Waals surface area contributed by atoms with Crippen molar-refractivity contribution in [3.8, 4) is 0 Å². The van der Waals surface area contributed by atoms with Crippen LogP contribution in [0.2, 0.25) is 0 Å². The maximum absolute atomic E-state index is 12.4. The number of rotatable bonds is 4. The van der Waals surface area contributed by atoms with Crippen LogP contribution in [0.15, 0.2) is 81.1 Å². The van der Waals surface area contributed by atoms with Crippen molar-refractivity contribution in [2.24, 2.45) is 0 Å². The van der Waals surface area contributed by atoms with Crippen molar-refractivity contribution in [3.63, 3.8) is 0 Å². The topological polar surface area (TPSA) is 76.4 Å². The highest BCUT2D eigenvalue weighted by atomic mass is 127. The van der Waals surface area contributed by atoms with Crippen LogP contribution in [-0.2, 0) is 9.84 Å². The largest absolute Gasteiger partial charge is 0.439 e. The fraction of sp³-hybridized carbons (Fsp3) is 0. The summed E-state index contributed by atoms with van der Waals surface area (Å²) in [7, 11) is -3.78. The predicted molar refractivity (Wildman–Crippen MR) is 97.7 cm³/mol. The van der Waals surface area contributed by atoms with Crippen molar-refractivity contribution in [2.45, 2.75) is 9.99 Å². The van der Waals surface area contributed by atoms with Gasteiger partial charge in [0, 0.05) is 9.26 Å². The van der Waals surface area contributed by atoms with E-state index in [9.17, 15) is 13.2 Å². The van der Waals surface area contributed by atoms with Crippen LogP contribution in [0.5, 0.6) is 0 Å². The molecule has 0 spiro atoms. The molecule has 0 unspecified atom stereocenters. The maximum atomic E-state index is 12.4. The fourth-order valence-corrected chi connectivity index (χ4v) is 3.58. The van der Waals surface area contributed by atoms with Gasteiger partial charge in [-0.1, -0.05) is 18.2 Å². The van der Waals surface area contributed by atoms with E-state index < -0.39 is 15.7 Å². The SMILES string of the molecule is O=C(Nc1ccc(I)cc1)c1ccc(S(=O)(=O)c2ccccc2)o1. The molecule has 3 aromatic rings. The Kier molecular flexibility index (Phi) is 4.72. The van der Waals surface area contributed by atoms with E-state index in [0.29, 0.717) is 5.69 Å². The highest BCUT2D eigenvalue weighted by Gasteiger charge is 2.23. The number of nitrogens with one attached hydrogen (secondary N) is 1. The molecule has 7 heteroatoms. The van der Waals surface area contributed by atoms with E-state index in [-0.39, 0.29) is 15.7 Å². The summed E-state index contributed by atoms with van der Waals surface area (Å²) < 4.78 is 31.2. The van der Waals surface area contributed by atoms with Crippen molar-refractivity contribution in [1.29, 1.82) is 0 Å². The summed E-state index contributed by atoms with van der Waals surface area (Å²) in [6.45, 7) is 0. The predicted octanol–water partition coefficient (Wildman–Crippen LogP) is 3.97. The Morgan fingerprint density at radius 3 is 2.25 bits per heavy atom. The molecule has 0 aliphatic carbocycles. The minimum absolute atomic E-state index is 0.0666. The zero-order valence-corrected chi connectivity index (χ0v) is 15.2. The Bertz CT molecular complexity index is 963. The summed E-state index contributed by atoms with van der Waals surface area (Å²) in [5, 5.41) is 2.40. The summed E-state index contributed by atoms with van der Waals surface area (Å²) in [5.41, 5.74) is 0.601. The molecular weight excluding hydrogens is 441 g/mol. The lowest BCUT2D eigenvalue weighted by atomic mass is 10.3. The van der Waals surface area contributed by atoms with E-state index in [4.69, 9.17) is 4.42 Å². The molecule has 0 saturated heterocycles. The van der Waals surface area contributed by atoms with Crippen molar-refractivity contribution in [1.82, 2.24) is 0 Å². The highest BCUT2D eigenvalue weighted by Crippen LogP contribution is 2.23. The third-order valence-electron chi connectivity index (χ3n) is 3.23. The number of hydrogen-bond donors (Lipinski definition) is 1. The van der Waals surface area contributed by atoms with Gasteiger partial charge in [0.15, 0.2) is 5.76 Å². The minimum Gasteiger partial charge on any atom is -0.439 e. The Morgan fingerprint density at radius 1 is 0.917 bits per heavy atom. The van der Waals surface area contributed by atoms with Gasteiger partial charge >= 0.3 is 0 Å². The maximum Gasteiger partial charge on any atom is 0.291 e. The van der Waals surface area contributed by atoms with Gasteiger partial charge in [0.2, 0.25) is 14.9 Å². The molecule has 1 aromatic heterocycles. The van der Waals surface area contributed by atoms with E-state index in [2.05, 4.69) is 27.9 Å². The molecule has 24 heavy (non-hydrogen) atoms. The zero-order valence-electron chi connectivity index (χ0n) is 12.3. The first kappa shape index (κ1) is 16.7. The number of hydrogen-bond acceptors (Lipinski definition) is 4. The van der Waals surface area contributed by atoms with Crippen molar-refractivity contribution < 1.29 is 17.6 Å². The summed E-state index contributed by atoms with van der Waals surface area (Å²) >= 11 is 2.16. The van der Waals surface area contributed by atoms with Crippen LogP contribution in [0.1, 0.15) is 10.6 Å². The van der Waals surface area contributed by atoms with E-state index in [0.717, 1.165) is 3.57 Å². The Labute approximate surface area is 152 Å². The first-order valence-corrected chi connectivity index (χ1v) is 9.50. The van der Waals surface area contributed by atoms with Gasteiger partial charge in [-0.25, -0.2) is 8.42 Å². The molecule has 2 aromatic carbocycles. The van der Waals surface area contributed by atoms with Gasteiger partial charge in [0.1, 0.15) is 0 Å². The average Bonchev–Trinajstić information content (AvgIpc) is 3.09. The number of carbonyl (C=O) groups is 1. The van der Waals surface area contributed by atoms with Crippen LogP contribution >= 0.6 is 22.6 Å². The Hall–Kier alpha value is -2.13. The van der Waals surface area contributed by atoms with Crippen LogP contribution in [0.25, 0.3) is 0 Å². The highest BCUT2D eigenvalue weighted by molar-refractivity contribution is 14.1. The standard InChI is InChI=1S/C17H12INO4S/c18-12-6-8-13(9-7-12)19-17(20)15-10-11-16(23-15)24(21,22)14-4-2-1-3-5-14/h1-11H,(H,19,20). The fourth-order valence-electron chi connectivity index (χ4n) is 2.03. The lowest BCUT2D eigenvalue weighted by molar-refractivity contribution is 0.0991. The second kappa shape index (κ2) is 6.78. The number of furan rings is 1. The number of sulfone groups is 1. The zero-order chi connectivity index (χ0) is 17.2. The van der Waals surface area contributed by atoms with Gasteiger partial charge in [-0.15, -0.1) is 0 Å². The minimum atomic E-state index is -3.78. The lowest BCUT2D eigenvalue weighted by Gasteiger charge is -2.03. The first-order chi connectivity index (χ1) is 11.5.